The number of anilines is 2. The van der Waals surface area contributed by atoms with E-state index in [1.807, 2.05) is 22.6 Å². The highest BCUT2D eigenvalue weighted by Gasteiger charge is 2.29. The van der Waals surface area contributed by atoms with Crippen LogP contribution < -0.4 is 10.6 Å². The second-order valence-electron chi connectivity index (χ2n) is 3.18. The number of nitrogen functional groups attached to an aromatic ring is 1. The molecule has 0 aliphatic carbocycles. The Bertz CT molecular complexity index is 352. The van der Waals surface area contributed by atoms with Crippen LogP contribution in [0.1, 0.15) is 0 Å². The van der Waals surface area contributed by atoms with Crippen molar-refractivity contribution < 1.29 is 13.2 Å². The highest BCUT2D eigenvalue weighted by atomic mass is 127. The minimum atomic E-state index is -4.20. The summed E-state index contributed by atoms with van der Waals surface area (Å²) in [5, 5.41) is 0. The highest BCUT2D eigenvalue weighted by molar-refractivity contribution is 14.1. The zero-order valence-electron chi connectivity index (χ0n) is 7.98. The van der Waals surface area contributed by atoms with Crippen LogP contribution in [0.3, 0.4) is 0 Å². The van der Waals surface area contributed by atoms with E-state index in [4.69, 9.17) is 5.73 Å². The molecule has 0 fully saturated rings. The Morgan fingerprint density at radius 2 is 2.00 bits per heavy atom. The van der Waals surface area contributed by atoms with Gasteiger partial charge in [-0.15, -0.1) is 0 Å². The third kappa shape index (κ3) is 3.77. The summed E-state index contributed by atoms with van der Waals surface area (Å²) in [6.07, 6.45) is -4.20. The maximum atomic E-state index is 12.1. The Morgan fingerprint density at radius 1 is 1.40 bits per heavy atom. The van der Waals surface area contributed by atoms with Gasteiger partial charge in [0.2, 0.25) is 0 Å². The van der Waals surface area contributed by atoms with Crippen LogP contribution in [0.4, 0.5) is 24.5 Å². The lowest BCUT2D eigenvalue weighted by Gasteiger charge is -2.22. The van der Waals surface area contributed by atoms with Crippen LogP contribution in [0.15, 0.2) is 18.2 Å². The lowest BCUT2D eigenvalue weighted by molar-refractivity contribution is -0.119. The van der Waals surface area contributed by atoms with Crippen molar-refractivity contribution in [1.82, 2.24) is 0 Å². The third-order valence-electron chi connectivity index (χ3n) is 1.80. The summed E-state index contributed by atoms with van der Waals surface area (Å²) >= 11 is 1.96. The van der Waals surface area contributed by atoms with E-state index < -0.39 is 12.7 Å². The normalized spacial score (nSPS) is 11.5. The SMILES string of the molecule is CN(CC(F)(F)F)c1ccc(N)cc1I. The topological polar surface area (TPSA) is 29.3 Å². The number of halogens is 4. The minimum Gasteiger partial charge on any atom is -0.399 e. The summed E-state index contributed by atoms with van der Waals surface area (Å²) in [5.41, 5.74) is 6.58. The minimum absolute atomic E-state index is 0.530. The quantitative estimate of drug-likeness (QED) is 0.667. The van der Waals surface area contributed by atoms with Gasteiger partial charge in [-0.3, -0.25) is 0 Å². The van der Waals surface area contributed by atoms with E-state index in [0.717, 1.165) is 4.90 Å². The van der Waals surface area contributed by atoms with Crippen LogP contribution in [-0.2, 0) is 0 Å². The Hall–Kier alpha value is -0.660. The molecule has 0 aromatic heterocycles. The molecule has 0 heterocycles. The van der Waals surface area contributed by atoms with Crippen molar-refractivity contribution in [3.63, 3.8) is 0 Å². The van der Waals surface area contributed by atoms with E-state index in [-0.39, 0.29) is 0 Å². The highest BCUT2D eigenvalue weighted by Crippen LogP contribution is 2.26. The first kappa shape index (κ1) is 12.4. The summed E-state index contributed by atoms with van der Waals surface area (Å²) in [7, 11) is 1.40. The van der Waals surface area contributed by atoms with Crippen LogP contribution in [0.5, 0.6) is 0 Å². The van der Waals surface area contributed by atoms with Crippen molar-refractivity contribution in [3.8, 4) is 0 Å². The predicted octanol–water partition coefficient (Wildman–Crippen LogP) is 2.87. The number of nitrogens with zero attached hydrogens (tertiary/aromatic N) is 1. The zero-order chi connectivity index (χ0) is 11.6. The van der Waals surface area contributed by atoms with Gasteiger partial charge in [0.25, 0.3) is 0 Å². The van der Waals surface area contributed by atoms with Gasteiger partial charge < -0.3 is 10.6 Å². The van der Waals surface area contributed by atoms with Gasteiger partial charge in [0.15, 0.2) is 0 Å². The standard InChI is InChI=1S/C9H10F3IN2/c1-15(5-9(10,11)12)8-3-2-6(14)4-7(8)13/h2-4H,5,14H2,1H3. The molecule has 0 atom stereocenters. The zero-order valence-corrected chi connectivity index (χ0v) is 10.1. The molecule has 84 valence electrons. The van der Waals surface area contributed by atoms with E-state index >= 15 is 0 Å². The van der Waals surface area contributed by atoms with Gasteiger partial charge in [-0.2, -0.15) is 13.2 Å². The number of hydrogen-bond acceptors (Lipinski definition) is 2. The van der Waals surface area contributed by atoms with Gasteiger partial charge in [-0.1, -0.05) is 0 Å². The Labute approximate surface area is 99.4 Å². The van der Waals surface area contributed by atoms with Crippen molar-refractivity contribution in [2.24, 2.45) is 0 Å². The first-order chi connectivity index (χ1) is 6.79. The predicted molar refractivity (Wildman–Crippen MR) is 62.9 cm³/mol. The maximum absolute atomic E-state index is 12.1. The third-order valence-corrected chi connectivity index (χ3v) is 2.66. The fourth-order valence-corrected chi connectivity index (χ4v) is 2.14. The molecule has 6 heteroatoms. The number of nitrogens with two attached hydrogens (primary N) is 1. The smallest absolute Gasteiger partial charge is 0.399 e. The molecule has 1 rings (SSSR count). The van der Waals surface area contributed by atoms with E-state index in [1.165, 1.54) is 7.05 Å². The molecule has 0 radical (unpaired) electrons. The van der Waals surface area contributed by atoms with Crippen LogP contribution in [0.2, 0.25) is 0 Å². The van der Waals surface area contributed by atoms with Crippen molar-refractivity contribution >= 4 is 34.0 Å². The molecule has 0 saturated carbocycles. The average Bonchev–Trinajstić information content (AvgIpc) is 1.99. The first-order valence-corrected chi connectivity index (χ1v) is 5.20. The number of hydrogen-bond donors (Lipinski definition) is 1. The molecule has 15 heavy (non-hydrogen) atoms. The second kappa shape index (κ2) is 4.46. The summed E-state index contributed by atoms with van der Waals surface area (Å²) in [5.74, 6) is 0. The van der Waals surface area contributed by atoms with E-state index in [2.05, 4.69) is 0 Å². The lowest BCUT2D eigenvalue weighted by Crippen LogP contribution is -2.31. The van der Waals surface area contributed by atoms with Gasteiger partial charge in [-0.05, 0) is 40.8 Å². The molecule has 2 nitrogen and oxygen atoms in total. The van der Waals surface area contributed by atoms with Crippen LogP contribution in [0.25, 0.3) is 0 Å². The largest absolute Gasteiger partial charge is 0.405 e. The Balaban J connectivity index is 2.87. The molecule has 0 saturated heterocycles. The monoisotopic (exact) mass is 330 g/mol. The molecule has 0 amide bonds. The van der Waals surface area contributed by atoms with Crippen molar-refractivity contribution in [2.75, 3.05) is 24.2 Å². The Kier molecular flexibility index (Phi) is 3.69. The van der Waals surface area contributed by atoms with Gasteiger partial charge >= 0.3 is 6.18 Å². The van der Waals surface area contributed by atoms with Gasteiger partial charge in [-0.25, -0.2) is 0 Å². The molecular weight excluding hydrogens is 320 g/mol. The molecule has 2 N–H and O–H groups in total. The fourth-order valence-electron chi connectivity index (χ4n) is 1.19. The molecule has 0 aliphatic rings. The van der Waals surface area contributed by atoms with Crippen LogP contribution >= 0.6 is 22.6 Å². The number of benzene rings is 1. The molecule has 0 aliphatic heterocycles. The summed E-state index contributed by atoms with van der Waals surface area (Å²) in [4.78, 5) is 1.15. The van der Waals surface area contributed by atoms with Crippen LogP contribution in [-0.4, -0.2) is 19.8 Å². The van der Waals surface area contributed by atoms with E-state index in [1.54, 1.807) is 18.2 Å². The first-order valence-electron chi connectivity index (χ1n) is 4.12. The number of rotatable bonds is 2. The van der Waals surface area contributed by atoms with Crippen molar-refractivity contribution in [1.29, 1.82) is 0 Å². The van der Waals surface area contributed by atoms with Crippen molar-refractivity contribution in [2.45, 2.75) is 6.18 Å². The van der Waals surface area contributed by atoms with E-state index in [9.17, 15) is 13.2 Å². The molecule has 0 unspecified atom stereocenters. The molecule has 0 bridgehead atoms. The van der Waals surface area contributed by atoms with Gasteiger partial charge in [0.1, 0.15) is 6.54 Å². The van der Waals surface area contributed by atoms with E-state index in [0.29, 0.717) is 14.9 Å². The Morgan fingerprint density at radius 3 is 2.47 bits per heavy atom. The average molecular weight is 330 g/mol. The van der Waals surface area contributed by atoms with Gasteiger partial charge in [0, 0.05) is 16.3 Å². The van der Waals surface area contributed by atoms with Gasteiger partial charge in [0.05, 0.1) is 5.69 Å². The second-order valence-corrected chi connectivity index (χ2v) is 4.34. The molecule has 1 aromatic carbocycles. The fraction of sp³-hybridized carbons (Fsp3) is 0.333. The summed E-state index contributed by atoms with van der Waals surface area (Å²) in [6.45, 7) is -0.965. The summed E-state index contributed by atoms with van der Waals surface area (Å²) in [6, 6.07) is 4.82. The van der Waals surface area contributed by atoms with Crippen molar-refractivity contribution in [3.05, 3.63) is 21.8 Å². The molecular formula is C9H10F3IN2. The molecule has 1 aromatic rings. The number of alkyl halides is 3. The lowest BCUT2D eigenvalue weighted by atomic mass is 10.2. The van der Waals surface area contributed by atoms with Crippen LogP contribution in [0, 0.1) is 3.57 Å². The maximum Gasteiger partial charge on any atom is 0.405 e. The summed E-state index contributed by atoms with van der Waals surface area (Å²) < 4.78 is 37.1. The molecule has 0 spiro atoms.